The van der Waals surface area contributed by atoms with Crippen molar-refractivity contribution in [2.24, 2.45) is 0 Å². The molecule has 3 heterocycles. The number of hydrogen-bond acceptors (Lipinski definition) is 5. The summed E-state index contributed by atoms with van der Waals surface area (Å²) in [6, 6.07) is 18.3. The Bertz CT molecular complexity index is 1040. The highest BCUT2D eigenvalue weighted by Gasteiger charge is 2.40. The molecule has 6 nitrogen and oxygen atoms in total. The van der Waals surface area contributed by atoms with E-state index in [1.165, 1.54) is 30.2 Å². The van der Waals surface area contributed by atoms with Gasteiger partial charge in [0.25, 0.3) is 0 Å². The predicted molar refractivity (Wildman–Crippen MR) is 123 cm³/mol. The second kappa shape index (κ2) is 8.75. The minimum absolute atomic E-state index is 0.160. The number of nitrogens with zero attached hydrogens (tertiary/aromatic N) is 4. The Kier molecular flexibility index (Phi) is 5.68. The number of fused-ring (bicyclic) bond motifs is 1. The molecule has 0 aliphatic carbocycles. The van der Waals surface area contributed by atoms with Gasteiger partial charge in [0.05, 0.1) is 6.04 Å². The fourth-order valence-electron chi connectivity index (χ4n) is 4.31. The average Bonchev–Trinajstić information content (AvgIpc) is 3.02. The van der Waals surface area contributed by atoms with Crippen molar-refractivity contribution >= 4 is 17.7 Å². The Hall–Kier alpha value is -2.80. The third kappa shape index (κ3) is 4.06. The summed E-state index contributed by atoms with van der Waals surface area (Å²) >= 11 is 1.52. The van der Waals surface area contributed by atoms with E-state index in [-0.39, 0.29) is 17.2 Å². The monoisotopic (exact) mass is 433 g/mol. The topological polar surface area (TPSA) is 63.1 Å². The molecule has 0 saturated carbocycles. The number of carbonyl (C=O) groups is 1. The summed E-state index contributed by atoms with van der Waals surface area (Å²) in [6.07, 6.45) is 4.58. The lowest BCUT2D eigenvalue weighted by Crippen LogP contribution is -2.46. The summed E-state index contributed by atoms with van der Waals surface area (Å²) in [7, 11) is 0. The molecule has 2 atom stereocenters. The first-order chi connectivity index (χ1) is 15.2. The maximum absolute atomic E-state index is 13.7. The van der Waals surface area contributed by atoms with Gasteiger partial charge in [-0.05, 0) is 25.3 Å². The molecule has 1 aromatic heterocycles. The van der Waals surface area contributed by atoms with Gasteiger partial charge in [0.1, 0.15) is 5.25 Å². The third-order valence-electron chi connectivity index (χ3n) is 6.07. The number of likely N-dealkylation sites (tertiary alicyclic amines) is 1. The van der Waals surface area contributed by atoms with Crippen LogP contribution in [0.4, 0.5) is 0 Å². The molecular formula is C24H27N5OS. The van der Waals surface area contributed by atoms with Gasteiger partial charge in [-0.25, -0.2) is 4.68 Å². The van der Waals surface area contributed by atoms with Gasteiger partial charge in [-0.2, -0.15) is 0 Å². The molecule has 0 spiro atoms. The summed E-state index contributed by atoms with van der Waals surface area (Å²) < 4.78 is 1.94. The Morgan fingerprint density at radius 3 is 2.39 bits per heavy atom. The van der Waals surface area contributed by atoms with Gasteiger partial charge in [-0.15, -0.1) is 10.2 Å². The van der Waals surface area contributed by atoms with Crippen LogP contribution < -0.4 is 5.43 Å². The van der Waals surface area contributed by atoms with Crippen LogP contribution in [0.2, 0.25) is 0 Å². The number of aromatic nitrogens is 3. The lowest BCUT2D eigenvalue weighted by molar-refractivity contribution is -0.131. The molecule has 5 rings (SSSR count). The number of carbonyl (C=O) groups excluding carboxylic acids is 1. The van der Waals surface area contributed by atoms with E-state index in [4.69, 9.17) is 0 Å². The van der Waals surface area contributed by atoms with E-state index >= 15 is 0 Å². The zero-order valence-corrected chi connectivity index (χ0v) is 18.5. The van der Waals surface area contributed by atoms with Crippen LogP contribution >= 0.6 is 11.8 Å². The van der Waals surface area contributed by atoms with E-state index in [9.17, 15) is 4.79 Å². The van der Waals surface area contributed by atoms with Crippen molar-refractivity contribution in [1.82, 2.24) is 19.8 Å². The van der Waals surface area contributed by atoms with E-state index in [0.717, 1.165) is 48.0 Å². The number of benzene rings is 2. The van der Waals surface area contributed by atoms with Gasteiger partial charge < -0.3 is 10.3 Å². The number of thioether (sulfide) groups is 1. The van der Waals surface area contributed by atoms with Crippen LogP contribution in [-0.2, 0) is 4.79 Å². The van der Waals surface area contributed by atoms with Crippen LogP contribution in [0.25, 0.3) is 11.4 Å². The van der Waals surface area contributed by atoms with E-state index in [0.29, 0.717) is 0 Å². The summed E-state index contributed by atoms with van der Waals surface area (Å²) in [4.78, 5) is 15.7. The summed E-state index contributed by atoms with van der Waals surface area (Å²) in [5.41, 5.74) is 6.89. The molecule has 2 aliphatic rings. The van der Waals surface area contributed by atoms with Gasteiger partial charge in [0.2, 0.25) is 11.1 Å². The minimum Gasteiger partial charge on any atom is -0.342 e. The Morgan fingerprint density at radius 2 is 1.68 bits per heavy atom. The summed E-state index contributed by atoms with van der Waals surface area (Å²) in [5.74, 6) is 0.960. The Balaban J connectivity index is 1.52. The largest absolute Gasteiger partial charge is 0.342 e. The van der Waals surface area contributed by atoms with Crippen molar-refractivity contribution in [2.75, 3.05) is 18.5 Å². The highest BCUT2D eigenvalue weighted by molar-refractivity contribution is 8.00. The Morgan fingerprint density at radius 1 is 0.968 bits per heavy atom. The molecule has 31 heavy (non-hydrogen) atoms. The second-order valence-corrected chi connectivity index (χ2v) is 9.41. The highest BCUT2D eigenvalue weighted by Crippen LogP contribution is 2.39. The van der Waals surface area contributed by atoms with Gasteiger partial charge >= 0.3 is 0 Å². The first-order valence-electron chi connectivity index (χ1n) is 11.0. The van der Waals surface area contributed by atoms with Crippen LogP contribution in [0.5, 0.6) is 0 Å². The van der Waals surface area contributed by atoms with Crippen LogP contribution in [0.15, 0.2) is 59.8 Å². The highest BCUT2D eigenvalue weighted by atomic mass is 32.2. The van der Waals surface area contributed by atoms with E-state index < -0.39 is 0 Å². The van der Waals surface area contributed by atoms with Crippen molar-refractivity contribution in [3.63, 3.8) is 0 Å². The van der Waals surface area contributed by atoms with Gasteiger partial charge in [0.15, 0.2) is 5.82 Å². The van der Waals surface area contributed by atoms with Crippen LogP contribution in [0, 0.1) is 6.92 Å². The Labute approximate surface area is 187 Å². The molecule has 2 aromatic carbocycles. The molecule has 1 N–H and O–H groups in total. The molecule has 0 radical (unpaired) electrons. The number of aryl methyl sites for hydroxylation is 1. The molecule has 2 aliphatic heterocycles. The normalized spacial score (nSPS) is 21.1. The van der Waals surface area contributed by atoms with Crippen LogP contribution in [-0.4, -0.2) is 44.0 Å². The number of rotatable bonds is 3. The second-order valence-electron chi connectivity index (χ2n) is 8.30. The lowest BCUT2D eigenvalue weighted by atomic mass is 10.0. The van der Waals surface area contributed by atoms with Crippen LogP contribution in [0.3, 0.4) is 0 Å². The molecule has 7 heteroatoms. The molecule has 1 amide bonds. The van der Waals surface area contributed by atoms with Gasteiger partial charge in [0, 0.05) is 18.7 Å². The predicted octanol–water partition coefficient (Wildman–Crippen LogP) is 4.42. The quantitative estimate of drug-likeness (QED) is 0.663. The van der Waals surface area contributed by atoms with Gasteiger partial charge in [-0.3, -0.25) is 4.79 Å². The molecule has 1 saturated heterocycles. The van der Waals surface area contributed by atoms with Crippen molar-refractivity contribution in [2.45, 2.75) is 49.1 Å². The van der Waals surface area contributed by atoms with Crippen molar-refractivity contribution in [3.8, 4) is 11.4 Å². The molecule has 0 unspecified atom stereocenters. The lowest BCUT2D eigenvalue weighted by Gasteiger charge is -2.35. The zero-order chi connectivity index (χ0) is 21.2. The number of amides is 1. The molecule has 1 fully saturated rings. The SMILES string of the molecule is Cc1ccc([C@H]2Nn3c(nnc3-c3ccccc3)S[C@H]2C(=O)N2CCCCCC2)cc1. The summed E-state index contributed by atoms with van der Waals surface area (Å²) in [6.45, 7) is 3.77. The first-order valence-corrected chi connectivity index (χ1v) is 11.9. The van der Waals surface area contributed by atoms with Crippen molar-refractivity contribution in [3.05, 3.63) is 65.7 Å². The van der Waals surface area contributed by atoms with E-state index in [1.807, 2.05) is 35.0 Å². The zero-order valence-electron chi connectivity index (χ0n) is 17.7. The number of nitrogens with one attached hydrogen (secondary N) is 1. The minimum atomic E-state index is -0.277. The molecule has 160 valence electrons. The van der Waals surface area contributed by atoms with Crippen molar-refractivity contribution in [1.29, 1.82) is 0 Å². The van der Waals surface area contributed by atoms with Gasteiger partial charge in [-0.1, -0.05) is 84.8 Å². The third-order valence-corrected chi connectivity index (χ3v) is 7.27. The van der Waals surface area contributed by atoms with E-state index in [1.54, 1.807) is 0 Å². The first kappa shape index (κ1) is 20.1. The molecule has 3 aromatic rings. The fourth-order valence-corrected chi connectivity index (χ4v) is 5.48. The average molecular weight is 434 g/mol. The maximum atomic E-state index is 13.7. The smallest absolute Gasteiger partial charge is 0.238 e. The molecular weight excluding hydrogens is 406 g/mol. The summed E-state index contributed by atoms with van der Waals surface area (Å²) in [5, 5.41) is 9.31. The standard InChI is InChI=1S/C24H27N5OS/c1-17-11-13-18(14-12-17)20-21(23(30)28-15-7-2-3-8-16-28)31-24-26-25-22(29(24)27-20)19-9-5-4-6-10-19/h4-6,9-14,20-21,27H,2-3,7-8,15-16H2,1H3/t20-,21-/m1/s1. The molecule has 0 bridgehead atoms. The number of hydrogen-bond donors (Lipinski definition) is 1. The fraction of sp³-hybridized carbons (Fsp3) is 0.375. The van der Waals surface area contributed by atoms with E-state index in [2.05, 4.69) is 51.7 Å². The maximum Gasteiger partial charge on any atom is 0.238 e. The van der Waals surface area contributed by atoms with Crippen molar-refractivity contribution < 1.29 is 4.79 Å². The van der Waals surface area contributed by atoms with Crippen LogP contribution in [0.1, 0.15) is 42.9 Å².